The minimum Gasteiger partial charge on any atom is -0.320 e. The molecular formula is C6H5N5O. The number of anilines is 1. The Bertz CT molecular complexity index is 316. The largest absolute Gasteiger partial charge is 0.320 e. The number of pyridine rings is 1. The van der Waals surface area contributed by atoms with Crippen LogP contribution in [0.4, 0.5) is 10.5 Å². The SMILES string of the molecule is [N-]=[N+]=NC(=O)Nc1ccncc1. The molecule has 0 fully saturated rings. The third kappa shape index (κ3) is 2.28. The number of carbonyl (C=O) groups is 1. The van der Waals surface area contributed by atoms with Crippen LogP contribution in [0.3, 0.4) is 0 Å². The van der Waals surface area contributed by atoms with Crippen molar-refractivity contribution in [3.05, 3.63) is 35.0 Å². The maximum absolute atomic E-state index is 10.7. The second-order valence-corrected chi connectivity index (χ2v) is 1.86. The molecule has 0 radical (unpaired) electrons. The molecule has 1 aromatic heterocycles. The van der Waals surface area contributed by atoms with Gasteiger partial charge in [-0.25, -0.2) is 0 Å². The molecule has 0 spiro atoms. The van der Waals surface area contributed by atoms with Crippen molar-refractivity contribution in [2.24, 2.45) is 5.11 Å². The van der Waals surface area contributed by atoms with Crippen molar-refractivity contribution in [3.8, 4) is 0 Å². The van der Waals surface area contributed by atoms with E-state index in [0.717, 1.165) is 0 Å². The highest BCUT2D eigenvalue weighted by molar-refractivity contribution is 5.89. The summed E-state index contributed by atoms with van der Waals surface area (Å²) in [5.74, 6) is 0. The van der Waals surface area contributed by atoms with E-state index in [1.54, 1.807) is 12.1 Å². The fourth-order valence-electron chi connectivity index (χ4n) is 0.624. The zero-order valence-electron chi connectivity index (χ0n) is 6.01. The summed E-state index contributed by atoms with van der Waals surface area (Å²) >= 11 is 0. The fraction of sp³-hybridized carbons (Fsp3) is 0. The Morgan fingerprint density at radius 2 is 2.25 bits per heavy atom. The molecule has 0 aliphatic rings. The number of hydrogen-bond donors (Lipinski definition) is 1. The van der Waals surface area contributed by atoms with Gasteiger partial charge >= 0.3 is 6.03 Å². The Kier molecular flexibility index (Phi) is 2.64. The van der Waals surface area contributed by atoms with Crippen molar-refractivity contribution in [2.45, 2.75) is 0 Å². The van der Waals surface area contributed by atoms with Crippen molar-refractivity contribution >= 4 is 11.7 Å². The molecule has 6 heteroatoms. The van der Waals surface area contributed by atoms with Gasteiger partial charge in [0, 0.05) is 28.1 Å². The number of amides is 2. The second kappa shape index (κ2) is 3.95. The van der Waals surface area contributed by atoms with Crippen LogP contribution in [0.1, 0.15) is 0 Å². The second-order valence-electron chi connectivity index (χ2n) is 1.86. The highest BCUT2D eigenvalue weighted by Gasteiger charge is 1.95. The average Bonchev–Trinajstić information content (AvgIpc) is 2.06. The number of azide groups is 1. The van der Waals surface area contributed by atoms with Crippen LogP contribution in [0.25, 0.3) is 10.4 Å². The molecule has 12 heavy (non-hydrogen) atoms. The minimum absolute atomic E-state index is 0.544. The molecular weight excluding hydrogens is 158 g/mol. The first-order valence-corrected chi connectivity index (χ1v) is 3.09. The number of urea groups is 1. The lowest BCUT2D eigenvalue weighted by atomic mass is 10.4. The molecule has 0 unspecified atom stereocenters. The zero-order chi connectivity index (χ0) is 8.81. The third-order valence-corrected chi connectivity index (χ3v) is 1.07. The van der Waals surface area contributed by atoms with Crippen LogP contribution in [0.2, 0.25) is 0 Å². The van der Waals surface area contributed by atoms with Crippen LogP contribution in [0, 0.1) is 0 Å². The van der Waals surface area contributed by atoms with Crippen molar-refractivity contribution < 1.29 is 4.79 Å². The molecule has 0 atom stereocenters. The Morgan fingerprint density at radius 3 is 2.83 bits per heavy atom. The van der Waals surface area contributed by atoms with Crippen molar-refractivity contribution in [2.75, 3.05) is 5.32 Å². The van der Waals surface area contributed by atoms with Gasteiger partial charge in [-0.2, -0.15) is 0 Å². The van der Waals surface area contributed by atoms with Gasteiger partial charge in [-0.05, 0) is 17.7 Å². The Labute approximate surface area is 67.9 Å². The van der Waals surface area contributed by atoms with Gasteiger partial charge < -0.3 is 5.32 Å². The lowest BCUT2D eigenvalue weighted by Crippen LogP contribution is -2.04. The van der Waals surface area contributed by atoms with Gasteiger partial charge in [-0.15, -0.1) is 0 Å². The molecule has 6 nitrogen and oxygen atoms in total. The number of nitrogens with one attached hydrogen (secondary N) is 1. The maximum atomic E-state index is 10.7. The first kappa shape index (κ1) is 8.03. The third-order valence-electron chi connectivity index (χ3n) is 1.07. The van der Waals surface area contributed by atoms with Crippen molar-refractivity contribution in [1.82, 2.24) is 4.98 Å². The molecule has 1 N–H and O–H groups in total. The standard InChI is InChI=1S/C6H5N5O/c7-11-10-6(12)9-5-1-3-8-4-2-5/h1-4H,(H,8,9,12). The van der Waals surface area contributed by atoms with Gasteiger partial charge in [0.2, 0.25) is 0 Å². The molecule has 1 rings (SSSR count). The number of aromatic nitrogens is 1. The molecule has 0 saturated carbocycles. The number of hydrogen-bond acceptors (Lipinski definition) is 2. The van der Waals surface area contributed by atoms with E-state index < -0.39 is 6.03 Å². The van der Waals surface area contributed by atoms with E-state index >= 15 is 0 Å². The van der Waals surface area contributed by atoms with E-state index in [2.05, 4.69) is 20.3 Å². The van der Waals surface area contributed by atoms with Gasteiger partial charge in [0.25, 0.3) is 0 Å². The summed E-state index contributed by atoms with van der Waals surface area (Å²) in [7, 11) is 0. The molecule has 1 heterocycles. The maximum Gasteiger partial charge on any atom is 0.312 e. The van der Waals surface area contributed by atoms with Crippen molar-refractivity contribution in [1.29, 1.82) is 0 Å². The minimum atomic E-state index is -0.733. The monoisotopic (exact) mass is 163 g/mol. The lowest BCUT2D eigenvalue weighted by Gasteiger charge is -1.97. The fourth-order valence-corrected chi connectivity index (χ4v) is 0.624. The Balaban J connectivity index is 2.64. The summed E-state index contributed by atoms with van der Waals surface area (Å²) in [6, 6.07) is 2.44. The van der Waals surface area contributed by atoms with Gasteiger partial charge in [0.15, 0.2) is 0 Å². The summed E-state index contributed by atoms with van der Waals surface area (Å²) in [5.41, 5.74) is 8.44. The summed E-state index contributed by atoms with van der Waals surface area (Å²) in [5, 5.41) is 5.17. The van der Waals surface area contributed by atoms with E-state index in [9.17, 15) is 4.79 Å². The Hall–Kier alpha value is -2.07. The smallest absolute Gasteiger partial charge is 0.312 e. The predicted octanol–water partition coefficient (Wildman–Crippen LogP) is 1.92. The van der Waals surface area contributed by atoms with E-state index in [0.29, 0.717) is 5.69 Å². The van der Waals surface area contributed by atoms with Crippen LogP contribution in [-0.4, -0.2) is 11.0 Å². The Morgan fingerprint density at radius 1 is 1.58 bits per heavy atom. The quantitative estimate of drug-likeness (QED) is 0.389. The van der Waals surface area contributed by atoms with E-state index in [4.69, 9.17) is 5.53 Å². The molecule has 0 aromatic carbocycles. The molecule has 0 bridgehead atoms. The lowest BCUT2D eigenvalue weighted by molar-refractivity contribution is 0.259. The summed E-state index contributed by atoms with van der Waals surface area (Å²) in [6.07, 6.45) is 3.04. The molecule has 60 valence electrons. The average molecular weight is 163 g/mol. The normalized spacial score (nSPS) is 8.33. The van der Waals surface area contributed by atoms with Gasteiger partial charge in [0.05, 0.1) is 0 Å². The van der Waals surface area contributed by atoms with Gasteiger partial charge in [-0.3, -0.25) is 9.78 Å². The highest BCUT2D eigenvalue weighted by Crippen LogP contribution is 2.02. The van der Waals surface area contributed by atoms with Crippen molar-refractivity contribution in [3.63, 3.8) is 0 Å². The van der Waals surface area contributed by atoms with Gasteiger partial charge in [-0.1, -0.05) is 0 Å². The molecule has 0 aliphatic carbocycles. The van der Waals surface area contributed by atoms with Crippen LogP contribution in [0.5, 0.6) is 0 Å². The van der Waals surface area contributed by atoms with E-state index in [1.165, 1.54) is 12.4 Å². The molecule has 0 aliphatic heterocycles. The molecule has 0 saturated heterocycles. The number of nitrogens with zero attached hydrogens (tertiary/aromatic N) is 4. The summed E-state index contributed by atoms with van der Waals surface area (Å²) < 4.78 is 0. The van der Waals surface area contributed by atoms with Crippen LogP contribution in [0.15, 0.2) is 29.6 Å². The molecule has 2 amide bonds. The molecule has 1 aromatic rings. The highest BCUT2D eigenvalue weighted by atomic mass is 16.2. The first-order chi connectivity index (χ1) is 5.83. The van der Waals surface area contributed by atoms with Gasteiger partial charge in [0.1, 0.15) is 0 Å². The summed E-state index contributed by atoms with van der Waals surface area (Å²) in [4.78, 5) is 16.7. The number of carbonyl (C=O) groups excluding carboxylic acids is 1. The zero-order valence-corrected chi connectivity index (χ0v) is 6.01. The number of rotatable bonds is 1. The van der Waals surface area contributed by atoms with Crippen LogP contribution in [-0.2, 0) is 0 Å². The first-order valence-electron chi connectivity index (χ1n) is 3.09. The van der Waals surface area contributed by atoms with E-state index in [-0.39, 0.29) is 0 Å². The topological polar surface area (TPSA) is 90.8 Å². The van der Waals surface area contributed by atoms with E-state index in [1.807, 2.05) is 0 Å². The van der Waals surface area contributed by atoms with Crippen LogP contribution < -0.4 is 5.32 Å². The summed E-state index contributed by atoms with van der Waals surface area (Å²) in [6.45, 7) is 0. The predicted molar refractivity (Wildman–Crippen MR) is 42.4 cm³/mol. The van der Waals surface area contributed by atoms with Crippen LogP contribution >= 0.6 is 0 Å².